The summed E-state index contributed by atoms with van der Waals surface area (Å²) in [4.78, 5) is 6.15. The minimum atomic E-state index is 0.0449. The van der Waals surface area contributed by atoms with Gasteiger partial charge in [-0.2, -0.15) is 0 Å². The number of thiazole rings is 1. The van der Waals surface area contributed by atoms with Gasteiger partial charge < -0.3 is 9.73 Å². The van der Waals surface area contributed by atoms with Gasteiger partial charge in [-0.1, -0.05) is 34.6 Å². The van der Waals surface area contributed by atoms with E-state index in [0.717, 1.165) is 22.9 Å². The Morgan fingerprint density at radius 1 is 1.35 bits per heavy atom. The molecule has 0 spiro atoms. The second-order valence-electron chi connectivity index (χ2n) is 6.51. The van der Waals surface area contributed by atoms with Gasteiger partial charge in [0.05, 0.1) is 12.0 Å². The molecular weight excluding hydrogens is 268 g/mol. The number of aromatic nitrogens is 1. The molecule has 0 fully saturated rings. The summed E-state index contributed by atoms with van der Waals surface area (Å²) in [5, 5.41) is 4.47. The van der Waals surface area contributed by atoms with Crippen LogP contribution in [-0.2, 0) is 12.0 Å². The summed E-state index contributed by atoms with van der Waals surface area (Å²) < 4.78 is 5.58. The zero-order valence-corrected chi connectivity index (χ0v) is 14.0. The molecule has 2 rings (SSSR count). The number of aryl methyl sites for hydroxylation is 1. The van der Waals surface area contributed by atoms with Crippen molar-refractivity contribution in [2.45, 2.75) is 59.5 Å². The summed E-state index contributed by atoms with van der Waals surface area (Å²) in [6, 6.07) is 2.46. The lowest BCUT2D eigenvalue weighted by Crippen LogP contribution is -2.23. The van der Waals surface area contributed by atoms with Gasteiger partial charge >= 0.3 is 0 Å². The summed E-state index contributed by atoms with van der Waals surface area (Å²) in [7, 11) is 0. The van der Waals surface area contributed by atoms with Gasteiger partial charge in [0.1, 0.15) is 0 Å². The molecule has 0 unspecified atom stereocenters. The number of furan rings is 1. The standard InChI is InChI=1S/C16H24N2OS/c1-10(2)17-9-12-14(16(4,5)6)18-15(20-12)13-11(3)7-8-19-13/h7-8,10,17H,9H2,1-6H3. The zero-order chi connectivity index (χ0) is 14.9. The number of nitrogens with one attached hydrogen (secondary N) is 1. The molecule has 2 heterocycles. The van der Waals surface area contributed by atoms with Crippen LogP contribution in [0.3, 0.4) is 0 Å². The molecular formula is C16H24N2OS. The molecule has 0 saturated heterocycles. The first-order valence-electron chi connectivity index (χ1n) is 7.07. The van der Waals surface area contributed by atoms with Gasteiger partial charge in [0, 0.05) is 22.9 Å². The van der Waals surface area contributed by atoms with E-state index in [0.29, 0.717) is 6.04 Å². The van der Waals surface area contributed by atoms with E-state index >= 15 is 0 Å². The third kappa shape index (κ3) is 3.30. The molecule has 0 bridgehead atoms. The van der Waals surface area contributed by atoms with Gasteiger partial charge in [-0.3, -0.25) is 0 Å². The van der Waals surface area contributed by atoms with Crippen LogP contribution in [0.25, 0.3) is 10.8 Å². The van der Waals surface area contributed by atoms with Crippen molar-refractivity contribution in [1.82, 2.24) is 10.3 Å². The van der Waals surface area contributed by atoms with Gasteiger partial charge in [0.2, 0.25) is 0 Å². The van der Waals surface area contributed by atoms with Crippen LogP contribution in [0.15, 0.2) is 16.7 Å². The lowest BCUT2D eigenvalue weighted by molar-refractivity contribution is 0.544. The van der Waals surface area contributed by atoms with E-state index in [2.05, 4.69) is 46.9 Å². The summed E-state index contributed by atoms with van der Waals surface area (Å²) in [5.74, 6) is 0.899. The Hall–Kier alpha value is -1.13. The fourth-order valence-electron chi connectivity index (χ4n) is 2.04. The molecule has 0 saturated carbocycles. The molecule has 1 N–H and O–H groups in total. The van der Waals surface area contributed by atoms with Crippen LogP contribution in [0, 0.1) is 6.92 Å². The monoisotopic (exact) mass is 292 g/mol. The maximum atomic E-state index is 5.58. The molecule has 0 atom stereocenters. The van der Waals surface area contributed by atoms with E-state index in [-0.39, 0.29) is 5.41 Å². The van der Waals surface area contributed by atoms with Crippen LogP contribution in [0.4, 0.5) is 0 Å². The second kappa shape index (κ2) is 5.70. The molecule has 2 aromatic rings. The number of hydrogen-bond donors (Lipinski definition) is 1. The zero-order valence-electron chi connectivity index (χ0n) is 13.2. The van der Waals surface area contributed by atoms with Crippen LogP contribution >= 0.6 is 11.3 Å². The Labute approximate surface area is 125 Å². The molecule has 20 heavy (non-hydrogen) atoms. The molecule has 0 aliphatic heterocycles. The minimum absolute atomic E-state index is 0.0449. The fourth-order valence-corrected chi connectivity index (χ4v) is 3.32. The molecule has 0 amide bonds. The highest BCUT2D eigenvalue weighted by molar-refractivity contribution is 7.15. The van der Waals surface area contributed by atoms with Crippen molar-refractivity contribution in [2.75, 3.05) is 0 Å². The van der Waals surface area contributed by atoms with E-state index in [1.54, 1.807) is 17.6 Å². The van der Waals surface area contributed by atoms with Gasteiger partial charge in [-0.15, -0.1) is 11.3 Å². The van der Waals surface area contributed by atoms with Crippen molar-refractivity contribution in [2.24, 2.45) is 0 Å². The van der Waals surface area contributed by atoms with Crippen LogP contribution in [0.2, 0.25) is 0 Å². The average Bonchev–Trinajstić information content (AvgIpc) is 2.91. The number of hydrogen-bond acceptors (Lipinski definition) is 4. The summed E-state index contributed by atoms with van der Waals surface area (Å²) in [5.41, 5.74) is 2.35. The average molecular weight is 292 g/mol. The van der Waals surface area contributed by atoms with Gasteiger partial charge in [-0.05, 0) is 18.6 Å². The van der Waals surface area contributed by atoms with Gasteiger partial charge in [-0.25, -0.2) is 4.98 Å². The van der Waals surface area contributed by atoms with Crippen LogP contribution in [0.1, 0.15) is 50.8 Å². The van der Waals surface area contributed by atoms with Crippen molar-refractivity contribution in [3.8, 4) is 10.8 Å². The first-order chi connectivity index (χ1) is 9.29. The van der Waals surface area contributed by atoms with E-state index in [9.17, 15) is 0 Å². The quantitative estimate of drug-likeness (QED) is 0.901. The Morgan fingerprint density at radius 2 is 2.05 bits per heavy atom. The predicted octanol–water partition coefficient (Wildman–Crippen LogP) is 4.51. The normalized spacial score (nSPS) is 12.3. The third-order valence-corrected chi connectivity index (χ3v) is 4.19. The molecule has 4 heteroatoms. The van der Waals surface area contributed by atoms with Crippen molar-refractivity contribution >= 4 is 11.3 Å². The van der Waals surface area contributed by atoms with Crippen LogP contribution in [0.5, 0.6) is 0 Å². The predicted molar refractivity (Wildman–Crippen MR) is 85.2 cm³/mol. The van der Waals surface area contributed by atoms with Crippen molar-refractivity contribution in [3.05, 3.63) is 28.5 Å². The molecule has 110 valence electrons. The highest BCUT2D eigenvalue weighted by atomic mass is 32.1. The fraction of sp³-hybridized carbons (Fsp3) is 0.562. The van der Waals surface area contributed by atoms with E-state index in [1.165, 1.54) is 10.6 Å². The maximum Gasteiger partial charge on any atom is 0.165 e. The molecule has 0 aromatic carbocycles. The van der Waals surface area contributed by atoms with Crippen LogP contribution in [-0.4, -0.2) is 11.0 Å². The SMILES string of the molecule is Cc1ccoc1-c1nc(C(C)(C)C)c(CNC(C)C)s1. The summed E-state index contributed by atoms with van der Waals surface area (Å²) in [6.07, 6.45) is 1.73. The second-order valence-corrected chi connectivity index (χ2v) is 7.59. The molecule has 0 aliphatic carbocycles. The maximum absolute atomic E-state index is 5.58. The first-order valence-corrected chi connectivity index (χ1v) is 7.88. The topological polar surface area (TPSA) is 38.1 Å². The third-order valence-electron chi connectivity index (χ3n) is 3.13. The minimum Gasteiger partial charge on any atom is -0.462 e. The Morgan fingerprint density at radius 3 is 2.55 bits per heavy atom. The lowest BCUT2D eigenvalue weighted by Gasteiger charge is -2.18. The first kappa shape index (κ1) is 15.3. The van der Waals surface area contributed by atoms with Crippen molar-refractivity contribution in [1.29, 1.82) is 0 Å². The van der Waals surface area contributed by atoms with E-state index < -0.39 is 0 Å². The molecule has 0 radical (unpaired) electrons. The number of nitrogens with zero attached hydrogens (tertiary/aromatic N) is 1. The number of rotatable bonds is 4. The van der Waals surface area contributed by atoms with Crippen LogP contribution < -0.4 is 5.32 Å². The lowest BCUT2D eigenvalue weighted by atomic mass is 9.91. The summed E-state index contributed by atoms with van der Waals surface area (Å²) in [6.45, 7) is 13.9. The van der Waals surface area contributed by atoms with E-state index in [1.807, 2.05) is 6.07 Å². The highest BCUT2D eigenvalue weighted by Gasteiger charge is 2.24. The molecule has 2 aromatic heterocycles. The molecule has 0 aliphatic rings. The van der Waals surface area contributed by atoms with E-state index in [4.69, 9.17) is 9.40 Å². The largest absolute Gasteiger partial charge is 0.462 e. The summed E-state index contributed by atoms with van der Waals surface area (Å²) >= 11 is 1.73. The molecule has 3 nitrogen and oxygen atoms in total. The smallest absolute Gasteiger partial charge is 0.165 e. The Kier molecular flexibility index (Phi) is 4.35. The van der Waals surface area contributed by atoms with Crippen molar-refractivity contribution in [3.63, 3.8) is 0 Å². The Balaban J connectivity index is 2.39. The van der Waals surface area contributed by atoms with Gasteiger partial charge in [0.25, 0.3) is 0 Å². The highest BCUT2D eigenvalue weighted by Crippen LogP contribution is 2.35. The Bertz CT molecular complexity index is 576. The van der Waals surface area contributed by atoms with Crippen molar-refractivity contribution < 1.29 is 4.42 Å². The van der Waals surface area contributed by atoms with Gasteiger partial charge in [0.15, 0.2) is 10.8 Å².